The summed E-state index contributed by atoms with van der Waals surface area (Å²) >= 11 is 0. The highest BCUT2D eigenvalue weighted by Gasteiger charge is 2.08. The van der Waals surface area contributed by atoms with Crippen LogP contribution in [0.4, 0.5) is 0 Å². The molecule has 0 fully saturated rings. The first-order valence-corrected chi connectivity index (χ1v) is 5.58. The van der Waals surface area contributed by atoms with Crippen molar-refractivity contribution in [1.82, 2.24) is 9.88 Å². The van der Waals surface area contributed by atoms with Crippen LogP contribution in [0.3, 0.4) is 0 Å². The molecule has 1 unspecified atom stereocenters. The highest BCUT2D eigenvalue weighted by Crippen LogP contribution is 2.04. The molecular formula is C12H21N3. The van der Waals surface area contributed by atoms with E-state index in [0.29, 0.717) is 5.92 Å². The van der Waals surface area contributed by atoms with E-state index in [1.807, 2.05) is 18.3 Å². The average Bonchev–Trinajstić information content (AvgIpc) is 2.29. The fourth-order valence-electron chi connectivity index (χ4n) is 1.54. The van der Waals surface area contributed by atoms with Gasteiger partial charge in [0, 0.05) is 19.3 Å². The molecule has 0 aromatic carbocycles. The Morgan fingerprint density at radius 1 is 1.47 bits per heavy atom. The molecule has 0 spiro atoms. The van der Waals surface area contributed by atoms with Crippen LogP contribution < -0.4 is 5.73 Å². The molecular weight excluding hydrogens is 186 g/mol. The van der Waals surface area contributed by atoms with Gasteiger partial charge in [-0.3, -0.25) is 9.88 Å². The molecule has 1 heterocycles. The maximum absolute atomic E-state index is 5.63. The molecule has 1 atom stereocenters. The monoisotopic (exact) mass is 207 g/mol. The highest BCUT2D eigenvalue weighted by molar-refractivity contribution is 5.03. The van der Waals surface area contributed by atoms with Crippen molar-refractivity contribution < 1.29 is 0 Å². The van der Waals surface area contributed by atoms with Crippen molar-refractivity contribution in [2.45, 2.75) is 20.4 Å². The van der Waals surface area contributed by atoms with E-state index in [1.54, 1.807) is 0 Å². The van der Waals surface area contributed by atoms with E-state index < -0.39 is 0 Å². The topological polar surface area (TPSA) is 42.2 Å². The van der Waals surface area contributed by atoms with Crippen LogP contribution in [0.15, 0.2) is 24.4 Å². The number of pyridine rings is 1. The Labute approximate surface area is 92.3 Å². The molecule has 0 saturated carbocycles. The Bertz CT molecular complexity index is 261. The summed E-state index contributed by atoms with van der Waals surface area (Å²) in [7, 11) is 0. The molecule has 2 N–H and O–H groups in total. The Morgan fingerprint density at radius 2 is 2.27 bits per heavy atom. The van der Waals surface area contributed by atoms with Crippen LogP contribution in [0.25, 0.3) is 0 Å². The lowest BCUT2D eigenvalue weighted by molar-refractivity contribution is 0.241. The molecule has 1 rings (SSSR count). The third-order valence-corrected chi connectivity index (χ3v) is 2.53. The Hall–Kier alpha value is -0.930. The minimum absolute atomic E-state index is 0.550. The van der Waals surface area contributed by atoms with Gasteiger partial charge in [0.05, 0.1) is 5.69 Å². The Balaban J connectivity index is 2.47. The number of nitrogens with zero attached hydrogens (tertiary/aromatic N) is 2. The van der Waals surface area contributed by atoms with Crippen molar-refractivity contribution in [2.24, 2.45) is 11.7 Å². The molecule has 0 aliphatic heterocycles. The average molecular weight is 207 g/mol. The van der Waals surface area contributed by atoms with Crippen molar-refractivity contribution in [3.63, 3.8) is 0 Å². The third-order valence-electron chi connectivity index (χ3n) is 2.53. The summed E-state index contributed by atoms with van der Waals surface area (Å²) < 4.78 is 0. The molecule has 84 valence electrons. The zero-order valence-corrected chi connectivity index (χ0v) is 9.69. The van der Waals surface area contributed by atoms with Gasteiger partial charge in [0.2, 0.25) is 0 Å². The van der Waals surface area contributed by atoms with E-state index in [9.17, 15) is 0 Å². The molecule has 0 aliphatic carbocycles. The van der Waals surface area contributed by atoms with E-state index in [0.717, 1.165) is 31.9 Å². The van der Waals surface area contributed by atoms with Crippen molar-refractivity contribution in [2.75, 3.05) is 19.6 Å². The smallest absolute Gasteiger partial charge is 0.0543 e. The van der Waals surface area contributed by atoms with Crippen LogP contribution in [-0.4, -0.2) is 29.5 Å². The number of hydrogen-bond acceptors (Lipinski definition) is 3. The standard InChI is InChI=1S/C12H21N3/c1-3-15(9-11(2)8-13)10-12-6-4-5-7-14-12/h4-7,11H,3,8-10,13H2,1-2H3. The lowest BCUT2D eigenvalue weighted by atomic mass is 10.1. The van der Waals surface area contributed by atoms with E-state index in [2.05, 4.69) is 29.8 Å². The van der Waals surface area contributed by atoms with Crippen LogP contribution in [0.2, 0.25) is 0 Å². The van der Waals surface area contributed by atoms with E-state index in [1.165, 1.54) is 0 Å². The van der Waals surface area contributed by atoms with Crippen LogP contribution in [-0.2, 0) is 6.54 Å². The minimum Gasteiger partial charge on any atom is -0.330 e. The quantitative estimate of drug-likeness (QED) is 0.768. The van der Waals surface area contributed by atoms with E-state index in [-0.39, 0.29) is 0 Å². The maximum Gasteiger partial charge on any atom is 0.0543 e. The lowest BCUT2D eigenvalue weighted by Gasteiger charge is -2.23. The van der Waals surface area contributed by atoms with Crippen molar-refractivity contribution in [3.05, 3.63) is 30.1 Å². The normalized spacial score (nSPS) is 13.1. The summed E-state index contributed by atoms with van der Waals surface area (Å²) in [5.41, 5.74) is 6.75. The van der Waals surface area contributed by atoms with Crippen LogP contribution >= 0.6 is 0 Å². The van der Waals surface area contributed by atoms with Gasteiger partial charge in [0.25, 0.3) is 0 Å². The summed E-state index contributed by atoms with van der Waals surface area (Å²) in [5.74, 6) is 0.550. The van der Waals surface area contributed by atoms with Gasteiger partial charge in [-0.1, -0.05) is 19.9 Å². The zero-order chi connectivity index (χ0) is 11.1. The fraction of sp³-hybridized carbons (Fsp3) is 0.583. The first kappa shape index (κ1) is 12.1. The van der Waals surface area contributed by atoms with Gasteiger partial charge in [-0.05, 0) is 31.1 Å². The largest absolute Gasteiger partial charge is 0.330 e. The van der Waals surface area contributed by atoms with Gasteiger partial charge < -0.3 is 5.73 Å². The summed E-state index contributed by atoms with van der Waals surface area (Å²) in [4.78, 5) is 6.70. The van der Waals surface area contributed by atoms with Crippen molar-refractivity contribution >= 4 is 0 Å². The van der Waals surface area contributed by atoms with Crippen molar-refractivity contribution in [3.8, 4) is 0 Å². The molecule has 15 heavy (non-hydrogen) atoms. The van der Waals surface area contributed by atoms with Gasteiger partial charge in [-0.25, -0.2) is 0 Å². The molecule has 1 aromatic heterocycles. The van der Waals surface area contributed by atoms with Crippen LogP contribution in [0, 0.1) is 5.92 Å². The fourth-order valence-corrected chi connectivity index (χ4v) is 1.54. The zero-order valence-electron chi connectivity index (χ0n) is 9.69. The third kappa shape index (κ3) is 4.40. The number of nitrogens with two attached hydrogens (primary N) is 1. The van der Waals surface area contributed by atoms with Gasteiger partial charge >= 0.3 is 0 Å². The van der Waals surface area contributed by atoms with Gasteiger partial charge in [-0.2, -0.15) is 0 Å². The lowest BCUT2D eigenvalue weighted by Crippen LogP contribution is -2.31. The first-order valence-electron chi connectivity index (χ1n) is 5.58. The van der Waals surface area contributed by atoms with Crippen LogP contribution in [0.5, 0.6) is 0 Å². The van der Waals surface area contributed by atoms with Gasteiger partial charge in [0.1, 0.15) is 0 Å². The summed E-state index contributed by atoms with van der Waals surface area (Å²) in [6.07, 6.45) is 1.84. The molecule has 0 radical (unpaired) electrons. The predicted molar refractivity (Wildman–Crippen MR) is 63.4 cm³/mol. The molecule has 0 aliphatic rings. The van der Waals surface area contributed by atoms with Crippen molar-refractivity contribution in [1.29, 1.82) is 0 Å². The molecule has 1 aromatic rings. The highest BCUT2D eigenvalue weighted by atomic mass is 15.1. The van der Waals surface area contributed by atoms with Gasteiger partial charge in [-0.15, -0.1) is 0 Å². The summed E-state index contributed by atoms with van der Waals surface area (Å²) in [5, 5.41) is 0. The SMILES string of the molecule is CCN(Cc1ccccn1)CC(C)CN. The number of hydrogen-bond donors (Lipinski definition) is 1. The molecule has 0 amide bonds. The molecule has 0 bridgehead atoms. The van der Waals surface area contributed by atoms with Crippen LogP contribution in [0.1, 0.15) is 19.5 Å². The Morgan fingerprint density at radius 3 is 2.80 bits per heavy atom. The number of aromatic nitrogens is 1. The molecule has 0 saturated heterocycles. The van der Waals surface area contributed by atoms with Gasteiger partial charge in [0.15, 0.2) is 0 Å². The van der Waals surface area contributed by atoms with E-state index >= 15 is 0 Å². The Kier molecular flexibility index (Phi) is 5.29. The number of rotatable bonds is 6. The summed E-state index contributed by atoms with van der Waals surface area (Å²) in [6, 6.07) is 6.04. The predicted octanol–water partition coefficient (Wildman–Crippen LogP) is 1.50. The second-order valence-electron chi connectivity index (χ2n) is 3.99. The first-order chi connectivity index (χ1) is 7.26. The second kappa shape index (κ2) is 6.53. The van der Waals surface area contributed by atoms with E-state index in [4.69, 9.17) is 5.73 Å². The molecule has 3 heteroatoms. The minimum atomic E-state index is 0.550. The maximum atomic E-state index is 5.63. The second-order valence-corrected chi connectivity index (χ2v) is 3.99. The summed E-state index contributed by atoms with van der Waals surface area (Å²) in [6.45, 7) is 8.11. The molecule has 3 nitrogen and oxygen atoms in total.